The first-order valence-electron chi connectivity index (χ1n) is 6.11. The van der Waals surface area contributed by atoms with E-state index in [0.29, 0.717) is 17.1 Å². The summed E-state index contributed by atoms with van der Waals surface area (Å²) in [6.07, 6.45) is 2.94. The van der Waals surface area contributed by atoms with Crippen LogP contribution in [0.5, 0.6) is 0 Å². The van der Waals surface area contributed by atoms with Gasteiger partial charge in [-0.3, -0.25) is 0 Å². The summed E-state index contributed by atoms with van der Waals surface area (Å²) in [5.74, 6) is 4.58. The lowest BCUT2D eigenvalue weighted by Gasteiger charge is -2.21. The van der Waals surface area contributed by atoms with Gasteiger partial charge in [0, 0.05) is 29.1 Å². The Labute approximate surface area is 124 Å². The van der Waals surface area contributed by atoms with E-state index in [2.05, 4.69) is 30.4 Å². The molecule has 2 aromatic rings. The summed E-state index contributed by atoms with van der Waals surface area (Å²) in [5.41, 5.74) is 5.70. The number of nitrogen functional groups attached to an aromatic ring is 1. The lowest BCUT2D eigenvalue weighted by atomic mass is 10.5. The molecule has 0 amide bonds. The standard InChI is InChI=1S/C10H14N8S2/c11-8-15-9(13-3-7-4-19-1-2-20-7)17-10(16-8)18-6-12-5-14-18/h5-7H,1-4H2,(H3,11,13,15,16,17). The van der Waals surface area contributed by atoms with Crippen LogP contribution < -0.4 is 11.1 Å². The van der Waals surface area contributed by atoms with Crippen LogP contribution in [0.4, 0.5) is 11.9 Å². The third-order valence-electron chi connectivity index (χ3n) is 2.64. The molecule has 2 aromatic heterocycles. The summed E-state index contributed by atoms with van der Waals surface area (Å²) in [7, 11) is 0. The van der Waals surface area contributed by atoms with Gasteiger partial charge in [0.1, 0.15) is 12.7 Å². The molecular weight excluding hydrogens is 296 g/mol. The van der Waals surface area contributed by atoms with Gasteiger partial charge in [-0.15, -0.1) is 0 Å². The molecule has 0 spiro atoms. The zero-order valence-corrected chi connectivity index (χ0v) is 12.3. The van der Waals surface area contributed by atoms with E-state index < -0.39 is 0 Å². The number of thioether (sulfide) groups is 2. The number of nitrogens with zero attached hydrogens (tertiary/aromatic N) is 6. The van der Waals surface area contributed by atoms with E-state index in [-0.39, 0.29) is 5.95 Å². The zero-order valence-electron chi connectivity index (χ0n) is 10.6. The van der Waals surface area contributed by atoms with E-state index >= 15 is 0 Å². The Kier molecular flexibility index (Phi) is 4.21. The molecule has 0 bridgehead atoms. The first kappa shape index (κ1) is 13.4. The van der Waals surface area contributed by atoms with Crippen LogP contribution in [0, 0.1) is 0 Å². The minimum absolute atomic E-state index is 0.165. The van der Waals surface area contributed by atoms with E-state index in [0.717, 1.165) is 12.3 Å². The van der Waals surface area contributed by atoms with Gasteiger partial charge < -0.3 is 11.1 Å². The molecule has 8 nitrogen and oxygen atoms in total. The van der Waals surface area contributed by atoms with Crippen molar-refractivity contribution in [3.8, 4) is 5.95 Å². The van der Waals surface area contributed by atoms with E-state index in [9.17, 15) is 0 Å². The van der Waals surface area contributed by atoms with E-state index in [1.807, 2.05) is 23.5 Å². The maximum absolute atomic E-state index is 5.70. The Morgan fingerprint density at radius 3 is 3.05 bits per heavy atom. The Hall–Kier alpha value is -1.55. The van der Waals surface area contributed by atoms with Gasteiger partial charge in [-0.1, -0.05) is 0 Å². The fourth-order valence-corrected chi connectivity index (χ4v) is 4.35. The van der Waals surface area contributed by atoms with Crippen molar-refractivity contribution in [1.29, 1.82) is 0 Å². The molecule has 0 radical (unpaired) electrons. The summed E-state index contributed by atoms with van der Waals surface area (Å²) in [5, 5.41) is 7.77. The van der Waals surface area contributed by atoms with Crippen LogP contribution >= 0.6 is 23.5 Å². The average molecular weight is 310 g/mol. The smallest absolute Gasteiger partial charge is 0.258 e. The predicted molar refractivity (Wildman–Crippen MR) is 81.2 cm³/mol. The second kappa shape index (κ2) is 6.27. The van der Waals surface area contributed by atoms with E-state index in [4.69, 9.17) is 5.73 Å². The first-order chi connectivity index (χ1) is 9.81. The van der Waals surface area contributed by atoms with Crippen molar-refractivity contribution < 1.29 is 0 Å². The fourth-order valence-electron chi connectivity index (χ4n) is 1.73. The molecule has 0 saturated carbocycles. The highest BCUT2D eigenvalue weighted by atomic mass is 32.2. The summed E-state index contributed by atoms with van der Waals surface area (Å²) < 4.78 is 1.45. The van der Waals surface area contributed by atoms with Gasteiger partial charge in [0.15, 0.2) is 0 Å². The topological polar surface area (TPSA) is 107 Å². The van der Waals surface area contributed by atoms with E-state index in [1.165, 1.54) is 28.8 Å². The predicted octanol–water partition coefficient (Wildman–Crippen LogP) is 0.295. The van der Waals surface area contributed by atoms with Gasteiger partial charge in [0.05, 0.1) is 0 Å². The Morgan fingerprint density at radius 2 is 2.30 bits per heavy atom. The van der Waals surface area contributed by atoms with Crippen LogP contribution in [0.25, 0.3) is 5.95 Å². The highest BCUT2D eigenvalue weighted by Gasteiger charge is 2.15. The summed E-state index contributed by atoms with van der Waals surface area (Å²) in [6, 6.07) is 0. The van der Waals surface area contributed by atoms with Gasteiger partial charge in [0.2, 0.25) is 11.9 Å². The normalized spacial score (nSPS) is 18.9. The molecular formula is C10H14N8S2. The lowest BCUT2D eigenvalue weighted by Crippen LogP contribution is -2.24. The largest absolute Gasteiger partial charge is 0.368 e. The molecule has 1 aliphatic heterocycles. The Bertz CT molecular complexity index is 554. The van der Waals surface area contributed by atoms with Gasteiger partial charge in [-0.2, -0.15) is 48.3 Å². The molecule has 20 heavy (non-hydrogen) atoms. The third-order valence-corrected chi connectivity index (χ3v) is 5.48. The van der Waals surface area contributed by atoms with Gasteiger partial charge in [-0.05, 0) is 0 Å². The number of anilines is 2. The minimum atomic E-state index is 0.165. The van der Waals surface area contributed by atoms with Crippen LogP contribution in [0.15, 0.2) is 12.7 Å². The van der Waals surface area contributed by atoms with Crippen molar-refractivity contribution in [2.45, 2.75) is 5.25 Å². The number of aromatic nitrogens is 6. The Morgan fingerprint density at radius 1 is 1.35 bits per heavy atom. The molecule has 1 aliphatic rings. The molecule has 3 heterocycles. The number of nitrogens with two attached hydrogens (primary N) is 1. The number of hydrogen-bond donors (Lipinski definition) is 2. The second-order valence-corrected chi connectivity index (χ2v) is 6.66. The van der Waals surface area contributed by atoms with Crippen LogP contribution in [0.2, 0.25) is 0 Å². The highest BCUT2D eigenvalue weighted by molar-refractivity contribution is 8.06. The van der Waals surface area contributed by atoms with Crippen LogP contribution in [0.1, 0.15) is 0 Å². The summed E-state index contributed by atoms with van der Waals surface area (Å²) in [4.78, 5) is 16.3. The van der Waals surface area contributed by atoms with Crippen molar-refractivity contribution in [2.24, 2.45) is 0 Å². The summed E-state index contributed by atoms with van der Waals surface area (Å²) >= 11 is 3.96. The third kappa shape index (κ3) is 3.31. The van der Waals surface area contributed by atoms with Crippen molar-refractivity contribution in [3.05, 3.63) is 12.7 Å². The molecule has 1 unspecified atom stereocenters. The van der Waals surface area contributed by atoms with E-state index in [1.54, 1.807) is 0 Å². The summed E-state index contributed by atoms with van der Waals surface area (Å²) in [6.45, 7) is 0.817. The van der Waals surface area contributed by atoms with Crippen LogP contribution in [-0.4, -0.2) is 58.8 Å². The van der Waals surface area contributed by atoms with Gasteiger partial charge >= 0.3 is 0 Å². The van der Waals surface area contributed by atoms with Crippen molar-refractivity contribution in [2.75, 3.05) is 34.9 Å². The molecule has 3 N–H and O–H groups in total. The van der Waals surface area contributed by atoms with Crippen molar-refractivity contribution >= 4 is 35.4 Å². The van der Waals surface area contributed by atoms with Crippen LogP contribution in [-0.2, 0) is 0 Å². The van der Waals surface area contributed by atoms with Crippen LogP contribution in [0.3, 0.4) is 0 Å². The molecule has 1 saturated heterocycles. The molecule has 0 aliphatic carbocycles. The highest BCUT2D eigenvalue weighted by Crippen LogP contribution is 2.23. The SMILES string of the molecule is Nc1nc(NCC2CSCCS2)nc(-n2cncn2)n1. The van der Waals surface area contributed by atoms with Crippen molar-refractivity contribution in [1.82, 2.24) is 29.7 Å². The number of hydrogen-bond acceptors (Lipinski definition) is 9. The fraction of sp³-hybridized carbons (Fsp3) is 0.500. The first-order valence-corrected chi connectivity index (χ1v) is 8.31. The monoisotopic (exact) mass is 310 g/mol. The number of nitrogens with one attached hydrogen (secondary N) is 1. The van der Waals surface area contributed by atoms with Crippen molar-refractivity contribution in [3.63, 3.8) is 0 Å². The quantitative estimate of drug-likeness (QED) is 0.824. The molecule has 10 heteroatoms. The average Bonchev–Trinajstić information content (AvgIpc) is 3.00. The molecule has 1 atom stereocenters. The molecule has 0 aromatic carbocycles. The second-order valence-electron chi connectivity index (χ2n) is 4.11. The number of rotatable bonds is 4. The Balaban J connectivity index is 1.69. The molecule has 3 rings (SSSR count). The molecule has 1 fully saturated rings. The van der Waals surface area contributed by atoms with Gasteiger partial charge in [0.25, 0.3) is 5.95 Å². The minimum Gasteiger partial charge on any atom is -0.368 e. The zero-order chi connectivity index (χ0) is 13.8. The van der Waals surface area contributed by atoms with Gasteiger partial charge in [-0.25, -0.2) is 4.98 Å². The maximum atomic E-state index is 5.70. The maximum Gasteiger partial charge on any atom is 0.258 e. The lowest BCUT2D eigenvalue weighted by molar-refractivity contribution is 0.796. The molecule has 106 valence electrons.